The second kappa shape index (κ2) is 9.95. The molecule has 0 aliphatic rings. The van der Waals surface area contributed by atoms with E-state index in [-0.39, 0.29) is 11.9 Å². The number of aryl methyl sites for hydroxylation is 1. The predicted molar refractivity (Wildman–Crippen MR) is 137 cm³/mol. The lowest BCUT2D eigenvalue weighted by atomic mass is 9.84. The van der Waals surface area contributed by atoms with Crippen LogP contribution in [0.2, 0.25) is 0 Å². The minimum absolute atomic E-state index is 0.0519. The van der Waals surface area contributed by atoms with Crippen LogP contribution in [0.1, 0.15) is 80.3 Å². The zero-order valence-corrected chi connectivity index (χ0v) is 20.7. The van der Waals surface area contributed by atoms with Gasteiger partial charge in [0.25, 0.3) is 0 Å². The highest BCUT2D eigenvalue weighted by molar-refractivity contribution is 5.74. The van der Waals surface area contributed by atoms with Crippen LogP contribution < -0.4 is 16.2 Å². The highest BCUT2D eigenvalue weighted by Gasteiger charge is 2.18. The predicted octanol–water partition coefficient (Wildman–Crippen LogP) is 6.03. The maximum Gasteiger partial charge on any atom is 0.222 e. The summed E-state index contributed by atoms with van der Waals surface area (Å²) in [5.74, 6) is 8.52. The van der Waals surface area contributed by atoms with E-state index in [0.717, 1.165) is 16.9 Å². The normalized spacial score (nSPS) is 11.9. The van der Waals surface area contributed by atoms with E-state index in [0.29, 0.717) is 28.9 Å². The van der Waals surface area contributed by atoms with Crippen LogP contribution in [0, 0.1) is 18.8 Å². The van der Waals surface area contributed by atoms with Gasteiger partial charge in [-0.05, 0) is 71.7 Å². The van der Waals surface area contributed by atoms with Crippen LogP contribution >= 0.6 is 0 Å². The second-order valence-electron chi connectivity index (χ2n) is 9.03. The van der Waals surface area contributed by atoms with Crippen molar-refractivity contribution in [1.29, 1.82) is 0 Å². The van der Waals surface area contributed by atoms with Crippen molar-refractivity contribution >= 4 is 11.8 Å². The van der Waals surface area contributed by atoms with Crippen molar-refractivity contribution in [3.05, 3.63) is 64.3 Å². The highest BCUT2D eigenvalue weighted by atomic mass is 16.5. The van der Waals surface area contributed by atoms with Crippen molar-refractivity contribution in [2.24, 2.45) is 0 Å². The molecule has 5 heteroatoms. The summed E-state index contributed by atoms with van der Waals surface area (Å²) >= 11 is 0. The Kier molecular flexibility index (Phi) is 7.28. The third-order valence-electron chi connectivity index (χ3n) is 5.88. The number of nitrogens with zero attached hydrogens (tertiary/aromatic N) is 2. The van der Waals surface area contributed by atoms with E-state index in [1.807, 2.05) is 13.0 Å². The zero-order valence-electron chi connectivity index (χ0n) is 20.7. The van der Waals surface area contributed by atoms with Crippen LogP contribution in [-0.4, -0.2) is 17.1 Å². The Morgan fingerprint density at radius 3 is 2.09 bits per heavy atom. The number of benzene rings is 2. The highest BCUT2D eigenvalue weighted by Crippen LogP contribution is 2.39. The van der Waals surface area contributed by atoms with E-state index >= 15 is 0 Å². The number of rotatable bonds is 5. The van der Waals surface area contributed by atoms with Crippen LogP contribution in [0.25, 0.3) is 11.1 Å². The average molecular weight is 443 g/mol. The molecule has 0 aliphatic heterocycles. The molecule has 1 aromatic heterocycles. The molecule has 172 valence electrons. The summed E-state index contributed by atoms with van der Waals surface area (Å²) in [5, 5.41) is 0. The summed E-state index contributed by atoms with van der Waals surface area (Å²) in [6.45, 7) is 12.9. The Morgan fingerprint density at radius 1 is 0.909 bits per heavy atom. The maximum atomic E-state index is 6.03. The molecule has 3 rings (SSSR count). The summed E-state index contributed by atoms with van der Waals surface area (Å²) in [7, 11) is 1.70. The van der Waals surface area contributed by atoms with E-state index in [2.05, 4.69) is 86.8 Å². The molecule has 0 fully saturated rings. The Bertz CT molecular complexity index is 1170. The summed E-state index contributed by atoms with van der Waals surface area (Å²) in [4.78, 5) is 8.22. The number of anilines is 2. The van der Waals surface area contributed by atoms with E-state index in [1.54, 1.807) is 7.11 Å². The Labute approximate surface area is 197 Å². The molecule has 0 bridgehead atoms. The fourth-order valence-electron chi connectivity index (χ4n) is 4.05. The Morgan fingerprint density at radius 2 is 1.55 bits per heavy atom. The molecule has 5 nitrogen and oxygen atoms in total. The quantitative estimate of drug-likeness (QED) is 0.471. The number of hydrogen-bond donors (Lipinski definition) is 2. The van der Waals surface area contributed by atoms with Crippen LogP contribution in [0.4, 0.5) is 11.8 Å². The number of methoxy groups -OCH3 is 1. The minimum Gasteiger partial charge on any atom is -0.497 e. The fraction of sp³-hybridized carbons (Fsp3) is 0.357. The molecule has 33 heavy (non-hydrogen) atoms. The lowest BCUT2D eigenvalue weighted by molar-refractivity contribution is 0.414. The van der Waals surface area contributed by atoms with E-state index in [1.165, 1.54) is 16.7 Å². The average Bonchev–Trinajstić information content (AvgIpc) is 2.77. The lowest BCUT2D eigenvalue weighted by Gasteiger charge is -2.21. The number of aromatic nitrogens is 2. The largest absolute Gasteiger partial charge is 0.497 e. The van der Waals surface area contributed by atoms with Gasteiger partial charge in [-0.15, -0.1) is 0 Å². The summed E-state index contributed by atoms with van der Waals surface area (Å²) in [5.41, 5.74) is 19.2. The van der Waals surface area contributed by atoms with Crippen molar-refractivity contribution < 1.29 is 4.74 Å². The van der Waals surface area contributed by atoms with Crippen molar-refractivity contribution in [2.45, 2.75) is 59.3 Å². The van der Waals surface area contributed by atoms with Crippen molar-refractivity contribution in [3.8, 4) is 28.7 Å². The first-order valence-electron chi connectivity index (χ1n) is 11.4. The minimum atomic E-state index is -0.0519. The van der Waals surface area contributed by atoms with Gasteiger partial charge in [0.15, 0.2) is 0 Å². The molecular weight excluding hydrogens is 408 g/mol. The monoisotopic (exact) mass is 442 g/mol. The molecule has 1 heterocycles. The SMILES string of the molecule is COc1cc(-c2c(C(C)C)cccc2C(C)C)cc([C@@H](C)C#Cc2c(C)nc(N)nc2N)c1. The standard InChI is InChI=1S/C28H34N4O/c1-16(2)23-9-8-10-24(17(3)4)26(23)21-13-20(14-22(15-21)33-7)18(5)11-12-25-19(6)31-28(30)32-27(25)29/h8-10,13-18H,1-7H3,(H4,29,30,31,32)/t18-/m0/s1. The number of nitrogen functional groups attached to an aromatic ring is 2. The molecule has 0 amide bonds. The molecule has 0 aliphatic carbocycles. The van der Waals surface area contributed by atoms with Crippen LogP contribution in [0.3, 0.4) is 0 Å². The summed E-state index contributed by atoms with van der Waals surface area (Å²) < 4.78 is 5.68. The van der Waals surface area contributed by atoms with E-state index < -0.39 is 0 Å². The summed E-state index contributed by atoms with van der Waals surface area (Å²) in [6, 6.07) is 13.0. The van der Waals surface area contributed by atoms with Gasteiger partial charge in [-0.1, -0.05) is 57.7 Å². The van der Waals surface area contributed by atoms with Gasteiger partial charge in [0.1, 0.15) is 11.6 Å². The maximum absolute atomic E-state index is 6.03. The molecule has 4 N–H and O–H groups in total. The smallest absolute Gasteiger partial charge is 0.222 e. The Hall–Kier alpha value is -3.52. The van der Waals surface area contributed by atoms with Gasteiger partial charge in [0, 0.05) is 5.92 Å². The molecule has 0 spiro atoms. The van der Waals surface area contributed by atoms with Crippen LogP contribution in [0.15, 0.2) is 36.4 Å². The van der Waals surface area contributed by atoms with Gasteiger partial charge < -0.3 is 16.2 Å². The van der Waals surface area contributed by atoms with Gasteiger partial charge in [-0.2, -0.15) is 4.98 Å². The topological polar surface area (TPSA) is 87.0 Å². The van der Waals surface area contributed by atoms with Crippen molar-refractivity contribution in [2.75, 3.05) is 18.6 Å². The van der Waals surface area contributed by atoms with Crippen LogP contribution in [-0.2, 0) is 0 Å². The summed E-state index contributed by atoms with van der Waals surface area (Å²) in [6.07, 6.45) is 0. The number of hydrogen-bond acceptors (Lipinski definition) is 5. The first kappa shape index (κ1) is 24.1. The zero-order chi connectivity index (χ0) is 24.3. The van der Waals surface area contributed by atoms with E-state index in [4.69, 9.17) is 16.2 Å². The third kappa shape index (κ3) is 5.28. The molecular formula is C28H34N4O. The van der Waals surface area contributed by atoms with Gasteiger partial charge in [0.05, 0.1) is 18.4 Å². The lowest BCUT2D eigenvalue weighted by Crippen LogP contribution is -2.05. The van der Waals surface area contributed by atoms with Gasteiger partial charge in [0.2, 0.25) is 5.95 Å². The molecule has 0 radical (unpaired) electrons. The first-order valence-corrected chi connectivity index (χ1v) is 11.4. The van der Waals surface area contributed by atoms with Crippen molar-refractivity contribution in [3.63, 3.8) is 0 Å². The number of ether oxygens (including phenoxy) is 1. The fourth-order valence-corrected chi connectivity index (χ4v) is 4.05. The second-order valence-corrected chi connectivity index (χ2v) is 9.03. The first-order chi connectivity index (χ1) is 15.6. The van der Waals surface area contributed by atoms with Crippen LogP contribution in [0.5, 0.6) is 5.75 Å². The van der Waals surface area contributed by atoms with E-state index in [9.17, 15) is 0 Å². The molecule has 2 aromatic carbocycles. The molecule has 0 saturated heterocycles. The molecule has 3 aromatic rings. The third-order valence-corrected chi connectivity index (χ3v) is 5.88. The van der Waals surface area contributed by atoms with Crippen molar-refractivity contribution in [1.82, 2.24) is 9.97 Å². The van der Waals surface area contributed by atoms with Gasteiger partial charge in [-0.3, -0.25) is 0 Å². The number of nitrogens with two attached hydrogens (primary N) is 2. The molecule has 0 unspecified atom stereocenters. The molecule has 0 saturated carbocycles. The molecule has 1 atom stereocenters. The van der Waals surface area contributed by atoms with Gasteiger partial charge in [-0.25, -0.2) is 4.98 Å². The Balaban J connectivity index is 2.13. The van der Waals surface area contributed by atoms with Gasteiger partial charge >= 0.3 is 0 Å².